The van der Waals surface area contributed by atoms with Gasteiger partial charge in [0.15, 0.2) is 0 Å². The normalized spacial score (nSPS) is 9.00. The molecule has 0 heterocycles. The van der Waals surface area contributed by atoms with Crippen molar-refractivity contribution in [2.75, 3.05) is 0 Å². The van der Waals surface area contributed by atoms with Gasteiger partial charge in [0.2, 0.25) is 0 Å². The number of benzene rings is 1. The van der Waals surface area contributed by atoms with Crippen molar-refractivity contribution in [3.8, 4) is 10.7 Å². The van der Waals surface area contributed by atoms with E-state index in [1.807, 2.05) is 0 Å². The minimum absolute atomic E-state index is 0.0162. The SMILES string of the molecule is O=C(O)C[Se]C#Cc1cccc([N+](=O)[O-])c1. The van der Waals surface area contributed by atoms with Crippen molar-refractivity contribution < 1.29 is 14.8 Å². The number of hydrogen-bond donors (Lipinski definition) is 1. The van der Waals surface area contributed by atoms with Gasteiger partial charge in [-0.1, -0.05) is 0 Å². The molecule has 0 unspecified atom stereocenters. The molecule has 0 atom stereocenters. The molecule has 0 amide bonds. The number of carboxylic acid groups (broad SMARTS) is 1. The molecular weight excluding hydrogens is 277 g/mol. The van der Waals surface area contributed by atoms with E-state index < -0.39 is 10.9 Å². The van der Waals surface area contributed by atoms with Crippen molar-refractivity contribution in [2.45, 2.75) is 5.32 Å². The fourth-order valence-electron chi connectivity index (χ4n) is 0.890. The van der Waals surface area contributed by atoms with Crippen molar-refractivity contribution >= 4 is 26.6 Å². The molecule has 1 aromatic rings. The first-order valence-corrected chi connectivity index (χ1v) is 6.25. The van der Waals surface area contributed by atoms with Crippen LogP contribution in [0, 0.1) is 20.9 Å². The molecule has 0 aliphatic heterocycles. The van der Waals surface area contributed by atoms with Crippen molar-refractivity contribution in [2.24, 2.45) is 0 Å². The fraction of sp³-hybridized carbons (Fsp3) is 0.100. The maximum atomic E-state index is 10.5. The van der Waals surface area contributed by atoms with Crippen LogP contribution < -0.4 is 0 Å². The van der Waals surface area contributed by atoms with Gasteiger partial charge in [0, 0.05) is 0 Å². The second-order valence-electron chi connectivity index (χ2n) is 2.72. The average Bonchev–Trinajstić information content (AvgIpc) is 2.24. The molecule has 1 rings (SSSR count). The van der Waals surface area contributed by atoms with Gasteiger partial charge in [-0.15, -0.1) is 0 Å². The summed E-state index contributed by atoms with van der Waals surface area (Å²) in [6.07, 6.45) is 0. The number of nitro benzene ring substituents is 1. The molecule has 0 fully saturated rings. The Morgan fingerprint density at radius 2 is 2.31 bits per heavy atom. The van der Waals surface area contributed by atoms with Gasteiger partial charge < -0.3 is 0 Å². The number of rotatable bonds is 3. The second kappa shape index (κ2) is 5.91. The monoisotopic (exact) mass is 285 g/mol. The maximum absolute atomic E-state index is 10.5. The summed E-state index contributed by atoms with van der Waals surface area (Å²) < 4.78 is 0. The van der Waals surface area contributed by atoms with Crippen molar-refractivity contribution in [3.63, 3.8) is 0 Å². The minimum atomic E-state index is -0.881. The first-order valence-electron chi connectivity index (χ1n) is 4.18. The molecule has 5 nitrogen and oxygen atoms in total. The predicted molar refractivity (Wildman–Crippen MR) is 58.2 cm³/mol. The third kappa shape index (κ3) is 4.13. The average molecular weight is 284 g/mol. The van der Waals surface area contributed by atoms with E-state index >= 15 is 0 Å². The van der Waals surface area contributed by atoms with Crippen LogP contribution in [0.2, 0.25) is 5.32 Å². The number of carboxylic acids is 1. The molecule has 0 aliphatic carbocycles. The van der Waals surface area contributed by atoms with Crippen molar-refractivity contribution in [3.05, 3.63) is 39.9 Å². The summed E-state index contributed by atoms with van der Waals surface area (Å²) in [5.74, 6) is 1.82. The Morgan fingerprint density at radius 3 is 2.94 bits per heavy atom. The predicted octanol–water partition coefficient (Wildman–Crippen LogP) is 1.11. The summed E-state index contributed by atoms with van der Waals surface area (Å²) >= 11 is -0.295. The van der Waals surface area contributed by atoms with E-state index in [1.54, 1.807) is 12.1 Å². The first kappa shape index (κ1) is 12.2. The molecule has 0 bridgehead atoms. The van der Waals surface area contributed by atoms with Gasteiger partial charge in [0.1, 0.15) is 0 Å². The summed E-state index contributed by atoms with van der Waals surface area (Å²) in [7, 11) is 0. The van der Waals surface area contributed by atoms with E-state index in [4.69, 9.17) is 5.11 Å². The van der Waals surface area contributed by atoms with Crippen LogP contribution in [0.4, 0.5) is 5.69 Å². The van der Waals surface area contributed by atoms with Crippen LogP contribution >= 0.6 is 0 Å². The Bertz CT molecular complexity index is 475. The Kier molecular flexibility index (Phi) is 4.52. The third-order valence-electron chi connectivity index (χ3n) is 1.52. The molecule has 0 radical (unpaired) electrons. The topological polar surface area (TPSA) is 80.4 Å². The zero-order chi connectivity index (χ0) is 12.0. The number of aliphatic carboxylic acids is 1. The molecule has 0 spiro atoms. The van der Waals surface area contributed by atoms with E-state index in [0.717, 1.165) is 0 Å². The van der Waals surface area contributed by atoms with Crippen molar-refractivity contribution in [1.82, 2.24) is 0 Å². The molecule has 0 saturated heterocycles. The van der Waals surface area contributed by atoms with Crippen LogP contribution in [-0.2, 0) is 4.79 Å². The van der Waals surface area contributed by atoms with Gasteiger partial charge in [-0.25, -0.2) is 0 Å². The van der Waals surface area contributed by atoms with Crippen LogP contribution in [0.1, 0.15) is 5.56 Å². The number of non-ortho nitro benzene ring substituents is 1. The summed E-state index contributed by atoms with van der Waals surface area (Å²) in [6.45, 7) is 0. The Labute approximate surface area is 97.8 Å². The molecule has 0 aliphatic rings. The summed E-state index contributed by atoms with van der Waals surface area (Å²) in [5.41, 5.74) is 0.513. The molecule has 16 heavy (non-hydrogen) atoms. The summed E-state index contributed by atoms with van der Waals surface area (Å²) in [4.78, 5) is 22.9. The number of nitrogens with zero attached hydrogens (tertiary/aromatic N) is 1. The Balaban J connectivity index is 2.70. The van der Waals surface area contributed by atoms with E-state index in [1.165, 1.54) is 12.1 Å². The van der Waals surface area contributed by atoms with E-state index in [2.05, 4.69) is 10.7 Å². The van der Waals surface area contributed by atoms with Crippen molar-refractivity contribution in [1.29, 1.82) is 0 Å². The van der Waals surface area contributed by atoms with Crippen LogP contribution in [0.25, 0.3) is 0 Å². The van der Waals surface area contributed by atoms with Gasteiger partial charge in [-0.05, 0) is 0 Å². The molecule has 1 aromatic carbocycles. The van der Waals surface area contributed by atoms with Gasteiger partial charge in [-0.2, -0.15) is 0 Å². The molecule has 82 valence electrons. The van der Waals surface area contributed by atoms with Gasteiger partial charge in [0.25, 0.3) is 0 Å². The Hall–Kier alpha value is -1.83. The Morgan fingerprint density at radius 1 is 1.56 bits per heavy atom. The fourth-order valence-corrected chi connectivity index (χ4v) is 1.70. The molecule has 6 heteroatoms. The molecule has 1 N–H and O–H groups in total. The van der Waals surface area contributed by atoms with E-state index in [-0.39, 0.29) is 26.0 Å². The third-order valence-corrected chi connectivity index (χ3v) is 2.86. The van der Waals surface area contributed by atoms with E-state index in [9.17, 15) is 14.9 Å². The van der Waals surface area contributed by atoms with E-state index in [0.29, 0.717) is 5.56 Å². The summed E-state index contributed by atoms with van der Waals surface area (Å²) in [5, 5.41) is 18.9. The molecule has 0 aromatic heterocycles. The quantitative estimate of drug-likeness (QED) is 0.390. The zero-order valence-corrected chi connectivity index (χ0v) is 9.76. The van der Waals surface area contributed by atoms with Gasteiger partial charge in [0.05, 0.1) is 0 Å². The number of carbonyl (C=O) groups is 1. The number of nitro groups is 1. The van der Waals surface area contributed by atoms with Gasteiger partial charge >= 0.3 is 97.4 Å². The zero-order valence-electron chi connectivity index (χ0n) is 8.04. The van der Waals surface area contributed by atoms with Crippen LogP contribution in [0.5, 0.6) is 0 Å². The molecular formula is C10H7NO4Se. The van der Waals surface area contributed by atoms with Gasteiger partial charge in [-0.3, -0.25) is 0 Å². The first-order chi connectivity index (χ1) is 7.59. The second-order valence-corrected chi connectivity index (χ2v) is 4.36. The van der Waals surface area contributed by atoms with Crippen LogP contribution in [-0.4, -0.2) is 31.0 Å². The summed E-state index contributed by atoms with van der Waals surface area (Å²) in [6, 6.07) is 5.95. The van der Waals surface area contributed by atoms with Crippen LogP contribution in [0.3, 0.4) is 0 Å². The molecule has 0 saturated carbocycles. The van der Waals surface area contributed by atoms with Crippen LogP contribution in [0.15, 0.2) is 24.3 Å². The number of hydrogen-bond acceptors (Lipinski definition) is 3. The standard InChI is InChI=1S/C10H7NO4Se/c12-10(13)7-16-5-4-8-2-1-3-9(6-8)11(14)15/h1-3,6H,7H2,(H,12,13).